The first-order valence-corrected chi connectivity index (χ1v) is 2.73. The topological polar surface area (TPSA) is 38.7 Å². The van der Waals surface area contributed by atoms with E-state index in [1.807, 2.05) is 6.07 Å². The van der Waals surface area contributed by atoms with E-state index in [9.17, 15) is 4.79 Å². The van der Waals surface area contributed by atoms with Gasteiger partial charge in [0.05, 0.1) is 0 Å². The molecule has 0 aliphatic heterocycles. The molecular weight excluding hydrogens is 130 g/mol. The number of para-hydroxylation sites is 1. The molecule has 0 aromatic heterocycles. The molecule has 0 atom stereocenters. The molecule has 1 aromatic carbocycles. The van der Waals surface area contributed by atoms with Gasteiger partial charge in [0.1, 0.15) is 0 Å². The molecule has 10 heavy (non-hydrogen) atoms. The molecule has 1 rings (SSSR count). The van der Waals surface area contributed by atoms with E-state index in [0.29, 0.717) is 5.75 Å². The van der Waals surface area contributed by atoms with Crippen LogP contribution in [0.25, 0.3) is 0 Å². The van der Waals surface area contributed by atoms with Crippen LogP contribution in [-0.2, 0) is 4.79 Å². The molecule has 0 fully saturated rings. The molecule has 3 nitrogen and oxygen atoms in total. The predicted octanol–water partition coefficient (Wildman–Crippen LogP) is 1.32. The van der Waals surface area contributed by atoms with Crippen molar-refractivity contribution in [1.82, 2.24) is 0 Å². The van der Waals surface area contributed by atoms with Crippen molar-refractivity contribution in [3.05, 3.63) is 30.3 Å². The van der Waals surface area contributed by atoms with E-state index in [1.54, 1.807) is 24.3 Å². The summed E-state index contributed by atoms with van der Waals surface area (Å²) >= 11 is 0. The predicted molar refractivity (Wildman–Crippen MR) is 35.2 cm³/mol. The second-order valence-electron chi connectivity index (χ2n) is 1.59. The van der Waals surface area contributed by atoms with E-state index >= 15 is 0 Å². The van der Waals surface area contributed by atoms with E-state index < -0.39 is 0 Å². The highest BCUT2D eigenvalue weighted by Crippen LogP contribution is 2.07. The molecule has 0 radical (unpaired) electrons. The minimum Gasteiger partial charge on any atom is -0.346 e. The number of hydrogen-bond acceptors (Lipinski definition) is 3. The molecule has 0 aliphatic rings. The summed E-state index contributed by atoms with van der Waals surface area (Å²) in [6.45, 7) is 0. The van der Waals surface area contributed by atoms with Crippen LogP contribution in [0.15, 0.2) is 35.5 Å². The highest BCUT2D eigenvalue weighted by atomic mass is 16.6. The summed E-state index contributed by atoms with van der Waals surface area (Å²) < 4.78 is 0. The molecule has 1 aromatic rings. The standard InChI is InChI=1S/C7H5NO2/c9-6-8-10-7-4-2-1-3-5-7/h1-5H. The van der Waals surface area contributed by atoms with E-state index in [0.717, 1.165) is 0 Å². The van der Waals surface area contributed by atoms with Gasteiger partial charge in [-0.3, -0.25) is 0 Å². The Morgan fingerprint density at radius 1 is 1.30 bits per heavy atom. The molecule has 0 aliphatic carbocycles. The fraction of sp³-hybridized carbons (Fsp3) is 0. The third-order valence-electron chi connectivity index (χ3n) is 0.932. The smallest absolute Gasteiger partial charge is 0.277 e. The van der Waals surface area contributed by atoms with Crippen molar-refractivity contribution in [2.24, 2.45) is 5.16 Å². The molecular formula is C7H5NO2. The number of isocyanates is 1. The van der Waals surface area contributed by atoms with Crippen molar-refractivity contribution < 1.29 is 9.63 Å². The quantitative estimate of drug-likeness (QED) is 0.348. The van der Waals surface area contributed by atoms with Crippen LogP contribution in [0.2, 0.25) is 0 Å². The first-order valence-electron chi connectivity index (χ1n) is 2.73. The van der Waals surface area contributed by atoms with Gasteiger partial charge in [-0.25, -0.2) is 4.79 Å². The lowest BCUT2D eigenvalue weighted by Crippen LogP contribution is -1.78. The van der Waals surface area contributed by atoms with Gasteiger partial charge < -0.3 is 4.84 Å². The Morgan fingerprint density at radius 3 is 2.60 bits per heavy atom. The second-order valence-corrected chi connectivity index (χ2v) is 1.59. The van der Waals surface area contributed by atoms with E-state index in [-0.39, 0.29) is 0 Å². The molecule has 0 N–H and O–H groups in total. The normalized spacial score (nSPS) is 8.00. The Labute approximate surface area is 57.9 Å². The third kappa shape index (κ3) is 1.73. The van der Waals surface area contributed by atoms with Crippen molar-refractivity contribution in [3.63, 3.8) is 0 Å². The fourth-order valence-corrected chi connectivity index (χ4v) is 0.553. The van der Waals surface area contributed by atoms with Gasteiger partial charge in [0.2, 0.25) is 0 Å². The molecule has 0 spiro atoms. The minimum absolute atomic E-state index is 0.533. The summed E-state index contributed by atoms with van der Waals surface area (Å²) in [7, 11) is 0. The van der Waals surface area contributed by atoms with Crippen LogP contribution in [0.1, 0.15) is 0 Å². The van der Waals surface area contributed by atoms with Crippen LogP contribution in [-0.4, -0.2) is 6.08 Å². The van der Waals surface area contributed by atoms with Crippen LogP contribution >= 0.6 is 0 Å². The first-order chi connectivity index (χ1) is 4.93. The maximum Gasteiger partial charge on any atom is 0.277 e. The van der Waals surface area contributed by atoms with Crippen molar-refractivity contribution in [2.75, 3.05) is 0 Å². The molecule has 0 bridgehead atoms. The number of rotatable bonds is 2. The lowest BCUT2D eigenvalue weighted by atomic mass is 10.3. The van der Waals surface area contributed by atoms with Crippen molar-refractivity contribution >= 4 is 6.08 Å². The summed E-state index contributed by atoms with van der Waals surface area (Å²) in [5.41, 5.74) is 0. The van der Waals surface area contributed by atoms with Crippen LogP contribution in [0, 0.1) is 0 Å². The Hall–Kier alpha value is -1.60. The molecule has 3 heteroatoms. The van der Waals surface area contributed by atoms with Gasteiger partial charge in [-0.1, -0.05) is 18.2 Å². The van der Waals surface area contributed by atoms with Crippen molar-refractivity contribution in [3.8, 4) is 5.75 Å². The van der Waals surface area contributed by atoms with E-state index in [1.165, 1.54) is 6.08 Å². The molecule has 0 amide bonds. The first kappa shape index (κ1) is 6.52. The average molecular weight is 135 g/mol. The zero-order valence-electron chi connectivity index (χ0n) is 5.15. The van der Waals surface area contributed by atoms with Gasteiger partial charge in [-0.05, 0) is 12.1 Å². The van der Waals surface area contributed by atoms with Crippen LogP contribution in [0.5, 0.6) is 5.75 Å². The largest absolute Gasteiger partial charge is 0.346 e. The minimum atomic E-state index is 0.533. The number of carbonyl (C=O) groups excluding carboxylic acids is 1. The van der Waals surface area contributed by atoms with Gasteiger partial charge in [0.15, 0.2) is 5.75 Å². The summed E-state index contributed by atoms with van der Waals surface area (Å²) in [6, 6.07) is 8.81. The Bertz CT molecular complexity index is 239. The lowest BCUT2D eigenvalue weighted by Gasteiger charge is -1.91. The number of nitrogens with zero attached hydrogens (tertiary/aromatic N) is 1. The molecule has 0 saturated heterocycles. The molecule has 0 unspecified atom stereocenters. The fourth-order valence-electron chi connectivity index (χ4n) is 0.553. The maximum atomic E-state index is 9.56. The van der Waals surface area contributed by atoms with Crippen LogP contribution < -0.4 is 4.84 Å². The number of benzene rings is 1. The van der Waals surface area contributed by atoms with Crippen LogP contribution in [0.4, 0.5) is 0 Å². The van der Waals surface area contributed by atoms with Crippen molar-refractivity contribution in [1.29, 1.82) is 0 Å². The zero-order valence-corrected chi connectivity index (χ0v) is 5.15. The van der Waals surface area contributed by atoms with Crippen LogP contribution in [0.3, 0.4) is 0 Å². The van der Waals surface area contributed by atoms with Gasteiger partial charge >= 0.3 is 0 Å². The molecule has 0 heterocycles. The van der Waals surface area contributed by atoms with E-state index in [4.69, 9.17) is 0 Å². The zero-order chi connectivity index (χ0) is 7.23. The summed E-state index contributed by atoms with van der Waals surface area (Å²) in [5.74, 6) is 0.533. The Morgan fingerprint density at radius 2 is 2.00 bits per heavy atom. The number of hydrogen-bond donors (Lipinski definition) is 0. The summed E-state index contributed by atoms with van der Waals surface area (Å²) in [5, 5.41) is 2.94. The highest BCUT2D eigenvalue weighted by Gasteiger charge is 1.85. The monoisotopic (exact) mass is 135 g/mol. The summed E-state index contributed by atoms with van der Waals surface area (Å²) in [6.07, 6.45) is 1.27. The van der Waals surface area contributed by atoms with Gasteiger partial charge in [0.25, 0.3) is 6.08 Å². The molecule has 50 valence electrons. The van der Waals surface area contributed by atoms with Gasteiger partial charge in [-0.15, -0.1) is 0 Å². The lowest BCUT2D eigenvalue weighted by molar-refractivity contribution is 0.337. The highest BCUT2D eigenvalue weighted by molar-refractivity contribution is 5.32. The third-order valence-corrected chi connectivity index (χ3v) is 0.932. The maximum absolute atomic E-state index is 9.56. The Balaban J connectivity index is 2.67. The van der Waals surface area contributed by atoms with Crippen molar-refractivity contribution in [2.45, 2.75) is 0 Å². The second kappa shape index (κ2) is 3.43. The Kier molecular flexibility index (Phi) is 2.24. The van der Waals surface area contributed by atoms with Gasteiger partial charge in [-0.2, -0.15) is 0 Å². The van der Waals surface area contributed by atoms with E-state index in [2.05, 4.69) is 9.99 Å². The summed E-state index contributed by atoms with van der Waals surface area (Å²) in [4.78, 5) is 14.1. The van der Waals surface area contributed by atoms with Gasteiger partial charge in [0, 0.05) is 5.16 Å². The molecule has 0 saturated carbocycles. The SMILES string of the molecule is O=C=NOc1ccccc1. The average Bonchev–Trinajstić information content (AvgIpc) is 2.03.